The summed E-state index contributed by atoms with van der Waals surface area (Å²) in [6.07, 6.45) is 4.92. The van der Waals surface area contributed by atoms with Crippen molar-refractivity contribution in [1.29, 1.82) is 0 Å². The normalized spacial score (nSPS) is 11.3. The minimum Gasteiger partial charge on any atom is -0.425 e. The van der Waals surface area contributed by atoms with Gasteiger partial charge in [-0.25, -0.2) is 0 Å². The molecular formula is C15H23N3OS. The highest BCUT2D eigenvalue weighted by atomic mass is 32.1. The van der Waals surface area contributed by atoms with Gasteiger partial charge in [-0.1, -0.05) is 19.9 Å². The maximum atomic E-state index is 5.66. The molecule has 0 fully saturated rings. The molecule has 110 valence electrons. The molecule has 2 rings (SSSR count). The van der Waals surface area contributed by atoms with Gasteiger partial charge in [0.15, 0.2) is 0 Å². The Labute approximate surface area is 124 Å². The number of thiophene rings is 1. The highest BCUT2D eigenvalue weighted by Crippen LogP contribution is 2.13. The summed E-state index contributed by atoms with van der Waals surface area (Å²) in [6, 6.07) is 4.80. The van der Waals surface area contributed by atoms with Crippen LogP contribution in [0.3, 0.4) is 0 Å². The molecule has 4 nitrogen and oxygen atoms in total. The van der Waals surface area contributed by atoms with Gasteiger partial charge in [-0.2, -0.15) is 0 Å². The largest absolute Gasteiger partial charge is 0.425 e. The van der Waals surface area contributed by atoms with E-state index < -0.39 is 0 Å². The van der Waals surface area contributed by atoms with Gasteiger partial charge < -0.3 is 9.73 Å². The minimum atomic E-state index is 0.533. The summed E-state index contributed by atoms with van der Waals surface area (Å²) in [5, 5.41) is 13.7. The summed E-state index contributed by atoms with van der Waals surface area (Å²) in [5.74, 6) is 1.54. The van der Waals surface area contributed by atoms with E-state index in [4.69, 9.17) is 4.42 Å². The van der Waals surface area contributed by atoms with E-state index in [1.54, 1.807) is 11.3 Å². The Morgan fingerprint density at radius 2 is 1.90 bits per heavy atom. The van der Waals surface area contributed by atoms with Crippen molar-refractivity contribution in [3.63, 3.8) is 0 Å². The number of aryl methyl sites for hydroxylation is 3. The molecule has 0 aliphatic carbocycles. The van der Waals surface area contributed by atoms with Gasteiger partial charge in [-0.15, -0.1) is 21.5 Å². The van der Waals surface area contributed by atoms with Crippen LogP contribution < -0.4 is 5.32 Å². The van der Waals surface area contributed by atoms with Gasteiger partial charge in [0, 0.05) is 23.8 Å². The molecule has 0 spiro atoms. The molecule has 0 atom stereocenters. The molecule has 0 radical (unpaired) electrons. The second kappa shape index (κ2) is 8.17. The highest BCUT2D eigenvalue weighted by Gasteiger charge is 2.06. The Hall–Kier alpha value is -1.20. The molecule has 0 aliphatic heterocycles. The van der Waals surface area contributed by atoms with Crippen LogP contribution >= 0.6 is 11.3 Å². The molecule has 2 aromatic rings. The number of nitrogens with zero attached hydrogens (tertiary/aromatic N) is 2. The lowest BCUT2D eigenvalue weighted by molar-refractivity contribution is 0.435. The quantitative estimate of drug-likeness (QED) is 0.721. The molecule has 0 amide bonds. The summed E-state index contributed by atoms with van der Waals surface area (Å²) >= 11 is 1.81. The third-order valence-corrected chi connectivity index (χ3v) is 3.96. The number of aromatic nitrogens is 2. The van der Waals surface area contributed by atoms with Crippen LogP contribution in [-0.4, -0.2) is 22.8 Å². The summed E-state index contributed by atoms with van der Waals surface area (Å²) in [5.41, 5.74) is 0. The average Bonchev–Trinajstić information content (AvgIpc) is 3.06. The van der Waals surface area contributed by atoms with E-state index in [-0.39, 0.29) is 0 Å². The number of rotatable bonds is 9. The molecule has 20 heavy (non-hydrogen) atoms. The second-order valence-electron chi connectivity index (χ2n) is 5.23. The Kier molecular flexibility index (Phi) is 6.21. The maximum Gasteiger partial charge on any atom is 0.216 e. The number of hydrogen-bond acceptors (Lipinski definition) is 5. The van der Waals surface area contributed by atoms with E-state index in [0.717, 1.165) is 50.4 Å². The zero-order valence-electron chi connectivity index (χ0n) is 12.3. The first-order chi connectivity index (χ1) is 9.74. The fourth-order valence-electron chi connectivity index (χ4n) is 1.99. The lowest BCUT2D eigenvalue weighted by atomic mass is 10.2. The van der Waals surface area contributed by atoms with Crippen molar-refractivity contribution in [2.75, 3.05) is 6.54 Å². The third kappa shape index (κ3) is 5.43. The van der Waals surface area contributed by atoms with Crippen LogP contribution in [0.5, 0.6) is 0 Å². The summed E-state index contributed by atoms with van der Waals surface area (Å²) < 4.78 is 5.66. The van der Waals surface area contributed by atoms with Crippen molar-refractivity contribution in [2.45, 2.75) is 52.0 Å². The molecule has 5 heteroatoms. The van der Waals surface area contributed by atoms with E-state index in [0.29, 0.717) is 6.04 Å². The van der Waals surface area contributed by atoms with Crippen LogP contribution in [0.2, 0.25) is 0 Å². The molecule has 0 aromatic carbocycles. The van der Waals surface area contributed by atoms with Gasteiger partial charge in [-0.05, 0) is 37.3 Å². The first-order valence-corrected chi connectivity index (χ1v) is 8.19. The Balaban J connectivity index is 1.64. The standard InChI is InChI=1S/C15H23N3OS/c1-12(2)16-10-4-9-15-18-17-14(19-15)8-3-6-13-7-5-11-20-13/h5,7,11-12,16H,3-4,6,8-10H2,1-2H3. The number of nitrogens with one attached hydrogen (secondary N) is 1. The average molecular weight is 293 g/mol. The van der Waals surface area contributed by atoms with E-state index in [1.807, 2.05) is 0 Å². The molecular weight excluding hydrogens is 270 g/mol. The van der Waals surface area contributed by atoms with Gasteiger partial charge >= 0.3 is 0 Å². The molecule has 0 saturated heterocycles. The van der Waals surface area contributed by atoms with Gasteiger partial charge in [0.05, 0.1) is 0 Å². The predicted molar refractivity (Wildman–Crippen MR) is 82.1 cm³/mol. The SMILES string of the molecule is CC(C)NCCCc1nnc(CCCc2cccs2)o1. The molecule has 0 bridgehead atoms. The van der Waals surface area contributed by atoms with E-state index in [2.05, 4.69) is 46.9 Å². The Bertz CT molecular complexity index is 479. The van der Waals surface area contributed by atoms with Crippen LogP contribution in [0.1, 0.15) is 43.3 Å². The lowest BCUT2D eigenvalue weighted by Crippen LogP contribution is -2.23. The zero-order valence-corrected chi connectivity index (χ0v) is 13.1. The minimum absolute atomic E-state index is 0.533. The van der Waals surface area contributed by atoms with E-state index in [1.165, 1.54) is 4.88 Å². The fraction of sp³-hybridized carbons (Fsp3) is 0.600. The van der Waals surface area contributed by atoms with Gasteiger partial charge in [0.1, 0.15) is 0 Å². The van der Waals surface area contributed by atoms with Crippen molar-refractivity contribution >= 4 is 11.3 Å². The van der Waals surface area contributed by atoms with Crippen molar-refractivity contribution in [2.24, 2.45) is 0 Å². The molecule has 0 aliphatic rings. The van der Waals surface area contributed by atoms with Crippen molar-refractivity contribution in [1.82, 2.24) is 15.5 Å². The summed E-state index contributed by atoms with van der Waals surface area (Å²) in [6.45, 7) is 5.30. The van der Waals surface area contributed by atoms with Crippen LogP contribution in [0, 0.1) is 0 Å². The highest BCUT2D eigenvalue weighted by molar-refractivity contribution is 7.09. The van der Waals surface area contributed by atoms with Crippen LogP contribution in [-0.2, 0) is 19.3 Å². The second-order valence-corrected chi connectivity index (χ2v) is 6.27. The van der Waals surface area contributed by atoms with E-state index in [9.17, 15) is 0 Å². The first-order valence-electron chi connectivity index (χ1n) is 7.31. The zero-order chi connectivity index (χ0) is 14.2. The topological polar surface area (TPSA) is 51.0 Å². The summed E-state index contributed by atoms with van der Waals surface area (Å²) in [4.78, 5) is 1.42. The number of hydrogen-bond donors (Lipinski definition) is 1. The maximum absolute atomic E-state index is 5.66. The van der Waals surface area contributed by atoms with Crippen molar-refractivity contribution < 1.29 is 4.42 Å². The smallest absolute Gasteiger partial charge is 0.216 e. The molecule has 0 saturated carbocycles. The summed E-state index contributed by atoms with van der Waals surface area (Å²) in [7, 11) is 0. The van der Waals surface area contributed by atoms with Crippen molar-refractivity contribution in [3.05, 3.63) is 34.2 Å². The predicted octanol–water partition coefficient (Wildman–Crippen LogP) is 3.24. The molecule has 1 N–H and O–H groups in total. The van der Waals surface area contributed by atoms with Crippen LogP contribution in [0.25, 0.3) is 0 Å². The lowest BCUT2D eigenvalue weighted by Gasteiger charge is -2.05. The van der Waals surface area contributed by atoms with Gasteiger partial charge in [-0.3, -0.25) is 0 Å². The van der Waals surface area contributed by atoms with Gasteiger partial charge in [0.25, 0.3) is 0 Å². The van der Waals surface area contributed by atoms with Crippen LogP contribution in [0.15, 0.2) is 21.9 Å². The van der Waals surface area contributed by atoms with Gasteiger partial charge in [0.2, 0.25) is 11.8 Å². The van der Waals surface area contributed by atoms with Crippen molar-refractivity contribution in [3.8, 4) is 0 Å². The monoisotopic (exact) mass is 293 g/mol. The Morgan fingerprint density at radius 1 is 1.15 bits per heavy atom. The van der Waals surface area contributed by atoms with Crippen LogP contribution in [0.4, 0.5) is 0 Å². The molecule has 0 unspecified atom stereocenters. The third-order valence-electron chi connectivity index (χ3n) is 3.02. The Morgan fingerprint density at radius 3 is 2.55 bits per heavy atom. The molecule has 2 aromatic heterocycles. The fourth-order valence-corrected chi connectivity index (χ4v) is 2.74. The molecule has 2 heterocycles. The van der Waals surface area contributed by atoms with E-state index >= 15 is 0 Å². The first kappa shape index (κ1) is 15.2.